The van der Waals surface area contributed by atoms with Crippen molar-refractivity contribution in [2.75, 3.05) is 39.0 Å². The van der Waals surface area contributed by atoms with Crippen molar-refractivity contribution in [3.63, 3.8) is 0 Å². The summed E-state index contributed by atoms with van der Waals surface area (Å²) in [6.45, 7) is 9.60. The molecule has 1 aliphatic heterocycles. The monoisotopic (exact) mass is 418 g/mol. The van der Waals surface area contributed by atoms with E-state index in [2.05, 4.69) is 28.8 Å². The van der Waals surface area contributed by atoms with Gasteiger partial charge in [0, 0.05) is 19.6 Å². The van der Waals surface area contributed by atoms with Gasteiger partial charge in [-0.15, -0.1) is 0 Å². The predicted molar refractivity (Wildman–Crippen MR) is 117 cm³/mol. The van der Waals surface area contributed by atoms with Crippen LogP contribution in [0, 0.1) is 5.92 Å². The summed E-state index contributed by atoms with van der Waals surface area (Å²) in [5, 5.41) is 0.182. The molecule has 2 heterocycles. The van der Waals surface area contributed by atoms with E-state index in [0.29, 0.717) is 19.0 Å². The second-order valence-electron chi connectivity index (χ2n) is 8.11. The van der Waals surface area contributed by atoms with Crippen molar-refractivity contribution in [2.24, 2.45) is 5.92 Å². The standard InChI is InChI=1S/C22H34N4O2S/c1-4-25-13-9-12-20(16-25)15-24(3)18-21-14-23-22(29(27,28)5-2)26(21)17-19-10-7-6-8-11-19/h6-8,10-11,14,20H,4-5,9,12-13,15-18H2,1-3H3/t20-/m1/s1. The Hall–Kier alpha value is -1.70. The Morgan fingerprint density at radius 3 is 2.66 bits per heavy atom. The van der Waals surface area contributed by atoms with Crippen molar-refractivity contribution in [1.82, 2.24) is 19.4 Å². The van der Waals surface area contributed by atoms with Crippen LogP contribution in [0.1, 0.15) is 37.9 Å². The van der Waals surface area contributed by atoms with Crippen LogP contribution in [0.3, 0.4) is 0 Å². The van der Waals surface area contributed by atoms with Gasteiger partial charge in [-0.25, -0.2) is 13.4 Å². The normalized spacial score (nSPS) is 18.4. The number of nitrogens with zero attached hydrogens (tertiary/aromatic N) is 4. The Balaban J connectivity index is 1.77. The fourth-order valence-electron chi connectivity index (χ4n) is 4.20. The molecule has 6 nitrogen and oxygen atoms in total. The van der Waals surface area contributed by atoms with E-state index in [1.165, 1.54) is 19.4 Å². The molecule has 0 spiro atoms. The lowest BCUT2D eigenvalue weighted by Gasteiger charge is -2.34. The molecule has 7 heteroatoms. The Kier molecular flexibility index (Phi) is 7.49. The van der Waals surface area contributed by atoms with Crippen LogP contribution in [0.15, 0.2) is 41.7 Å². The number of aromatic nitrogens is 2. The number of hydrogen-bond donors (Lipinski definition) is 0. The van der Waals surface area contributed by atoms with Gasteiger partial charge in [0.2, 0.25) is 15.0 Å². The smallest absolute Gasteiger partial charge is 0.228 e. The van der Waals surface area contributed by atoms with Crippen LogP contribution in [0.5, 0.6) is 0 Å². The van der Waals surface area contributed by atoms with Gasteiger partial charge in [-0.3, -0.25) is 0 Å². The Bertz CT molecular complexity index is 879. The first-order valence-electron chi connectivity index (χ1n) is 10.6. The third kappa shape index (κ3) is 5.68. The third-order valence-corrected chi connectivity index (χ3v) is 7.44. The van der Waals surface area contributed by atoms with Gasteiger partial charge >= 0.3 is 0 Å². The second kappa shape index (κ2) is 9.87. The highest BCUT2D eigenvalue weighted by Gasteiger charge is 2.24. The zero-order chi connectivity index (χ0) is 20.9. The van der Waals surface area contributed by atoms with Crippen LogP contribution in [0.2, 0.25) is 0 Å². The van der Waals surface area contributed by atoms with Crippen molar-refractivity contribution in [2.45, 2.75) is 44.9 Å². The van der Waals surface area contributed by atoms with Crippen molar-refractivity contribution in [3.05, 3.63) is 47.8 Å². The maximum atomic E-state index is 12.6. The minimum Gasteiger partial charge on any atom is -0.313 e. The van der Waals surface area contributed by atoms with Crippen molar-refractivity contribution in [1.29, 1.82) is 0 Å². The minimum atomic E-state index is -3.38. The molecule has 0 bridgehead atoms. The summed E-state index contributed by atoms with van der Waals surface area (Å²) in [6, 6.07) is 9.98. The van der Waals surface area contributed by atoms with E-state index in [0.717, 1.165) is 30.9 Å². The van der Waals surface area contributed by atoms with Gasteiger partial charge in [0.1, 0.15) is 0 Å². The highest BCUT2D eigenvalue weighted by Crippen LogP contribution is 2.20. The van der Waals surface area contributed by atoms with Crippen molar-refractivity contribution >= 4 is 9.84 Å². The molecule has 0 aliphatic carbocycles. The largest absolute Gasteiger partial charge is 0.313 e. The van der Waals surface area contributed by atoms with E-state index < -0.39 is 9.84 Å². The summed E-state index contributed by atoms with van der Waals surface area (Å²) < 4.78 is 27.1. The van der Waals surface area contributed by atoms with Crippen LogP contribution in [-0.2, 0) is 22.9 Å². The van der Waals surface area contributed by atoms with E-state index in [-0.39, 0.29) is 10.9 Å². The van der Waals surface area contributed by atoms with Gasteiger partial charge in [0.15, 0.2) is 0 Å². The van der Waals surface area contributed by atoms with Crippen LogP contribution in [-0.4, -0.2) is 66.7 Å². The molecule has 0 amide bonds. The molecule has 1 aliphatic rings. The molecule has 1 saturated heterocycles. The molecule has 0 radical (unpaired) electrons. The highest BCUT2D eigenvalue weighted by atomic mass is 32.2. The summed E-state index contributed by atoms with van der Waals surface area (Å²) in [5.41, 5.74) is 2.03. The topological polar surface area (TPSA) is 58.4 Å². The maximum Gasteiger partial charge on any atom is 0.228 e. The van der Waals surface area contributed by atoms with E-state index in [1.54, 1.807) is 13.1 Å². The molecule has 3 rings (SSSR count). The quantitative estimate of drug-likeness (QED) is 0.627. The molecule has 1 aromatic heterocycles. The third-order valence-electron chi connectivity index (χ3n) is 5.80. The summed E-state index contributed by atoms with van der Waals surface area (Å²) in [5.74, 6) is 0.723. The average Bonchev–Trinajstić information content (AvgIpc) is 3.11. The molecule has 0 unspecified atom stereocenters. The zero-order valence-corrected chi connectivity index (χ0v) is 18.7. The number of hydrogen-bond acceptors (Lipinski definition) is 5. The van der Waals surface area contributed by atoms with Gasteiger partial charge < -0.3 is 14.4 Å². The van der Waals surface area contributed by atoms with Gasteiger partial charge in [0.05, 0.1) is 24.2 Å². The SMILES string of the molecule is CCN1CCC[C@H](CN(C)Cc2cnc(S(=O)(=O)CC)n2Cc2ccccc2)C1. The molecule has 0 N–H and O–H groups in total. The number of benzene rings is 1. The van der Waals surface area contributed by atoms with Gasteiger partial charge in [-0.2, -0.15) is 0 Å². The van der Waals surface area contributed by atoms with Gasteiger partial charge in [-0.1, -0.05) is 44.2 Å². The van der Waals surface area contributed by atoms with Crippen LogP contribution in [0.25, 0.3) is 0 Å². The van der Waals surface area contributed by atoms with E-state index in [9.17, 15) is 8.42 Å². The number of imidazole rings is 1. The fourth-order valence-corrected chi connectivity index (χ4v) is 5.19. The number of rotatable bonds is 9. The highest BCUT2D eigenvalue weighted by molar-refractivity contribution is 7.91. The van der Waals surface area contributed by atoms with E-state index in [4.69, 9.17) is 0 Å². The Labute approximate surface area is 175 Å². The Morgan fingerprint density at radius 1 is 1.21 bits per heavy atom. The van der Waals surface area contributed by atoms with Crippen LogP contribution >= 0.6 is 0 Å². The lowest BCUT2D eigenvalue weighted by atomic mass is 9.97. The first-order chi connectivity index (χ1) is 13.9. The maximum absolute atomic E-state index is 12.6. The van der Waals surface area contributed by atoms with Crippen molar-refractivity contribution < 1.29 is 8.42 Å². The second-order valence-corrected chi connectivity index (χ2v) is 10.3. The molecule has 1 fully saturated rings. The number of sulfone groups is 1. The molecular weight excluding hydrogens is 384 g/mol. The molecule has 1 aromatic carbocycles. The van der Waals surface area contributed by atoms with E-state index >= 15 is 0 Å². The van der Waals surface area contributed by atoms with Gasteiger partial charge in [0.25, 0.3) is 0 Å². The molecule has 2 aromatic rings. The summed E-state index contributed by atoms with van der Waals surface area (Å²) in [4.78, 5) is 9.15. The molecule has 29 heavy (non-hydrogen) atoms. The lowest BCUT2D eigenvalue weighted by Crippen LogP contribution is -2.39. The average molecular weight is 419 g/mol. The van der Waals surface area contributed by atoms with Crippen LogP contribution < -0.4 is 0 Å². The number of likely N-dealkylation sites (tertiary alicyclic amines) is 1. The molecule has 0 saturated carbocycles. The molecule has 160 valence electrons. The van der Waals surface area contributed by atoms with Crippen LogP contribution in [0.4, 0.5) is 0 Å². The summed E-state index contributed by atoms with van der Waals surface area (Å²) in [6.07, 6.45) is 4.26. The first-order valence-corrected chi connectivity index (χ1v) is 12.3. The lowest BCUT2D eigenvalue weighted by molar-refractivity contribution is 0.145. The van der Waals surface area contributed by atoms with E-state index in [1.807, 2.05) is 34.9 Å². The van der Waals surface area contributed by atoms with Gasteiger partial charge in [-0.05, 0) is 44.5 Å². The zero-order valence-electron chi connectivity index (χ0n) is 17.9. The summed E-state index contributed by atoms with van der Waals surface area (Å²) >= 11 is 0. The molecular formula is C22H34N4O2S. The fraction of sp³-hybridized carbons (Fsp3) is 0.591. The Morgan fingerprint density at radius 2 is 1.97 bits per heavy atom. The molecule has 1 atom stereocenters. The minimum absolute atomic E-state index is 0.0585. The predicted octanol–water partition coefficient (Wildman–Crippen LogP) is 2.89. The van der Waals surface area contributed by atoms with Crippen molar-refractivity contribution in [3.8, 4) is 0 Å². The number of piperidine rings is 1. The first kappa shape index (κ1) is 22.0. The summed E-state index contributed by atoms with van der Waals surface area (Å²) in [7, 11) is -1.25.